The first-order chi connectivity index (χ1) is 7.11. The Morgan fingerprint density at radius 2 is 1.73 bits per heavy atom. The molecule has 1 aromatic rings. The molecule has 0 atom stereocenters. The molecule has 0 aliphatic heterocycles. The Labute approximate surface area is 91.3 Å². The van der Waals surface area contributed by atoms with Crippen LogP contribution >= 0.6 is 0 Å². The zero-order valence-corrected chi connectivity index (χ0v) is 9.62. The highest BCUT2D eigenvalue weighted by Gasteiger charge is 2.24. The van der Waals surface area contributed by atoms with Gasteiger partial charge in [-0.1, -0.05) is 32.0 Å². The molecule has 0 radical (unpaired) electrons. The summed E-state index contributed by atoms with van der Waals surface area (Å²) < 4.78 is 5.48. The Morgan fingerprint density at radius 3 is 2.20 bits per heavy atom. The Morgan fingerprint density at radius 1 is 1.20 bits per heavy atom. The molecular formula is C13H18O2. The molecule has 0 aliphatic rings. The number of ether oxygens (including phenoxy) is 1. The monoisotopic (exact) mass is 206 g/mol. The minimum absolute atomic E-state index is 0.234. The van der Waals surface area contributed by atoms with Crippen molar-refractivity contribution in [2.24, 2.45) is 0 Å². The molecule has 0 unspecified atom stereocenters. The standard InChI is InChI=1S/C13H18O2/c1-4-13(3,5-2)15-12(14)11-9-7-6-8-10-11/h6-10H,4-5H2,1-3H3. The normalized spacial score (nSPS) is 11.1. The smallest absolute Gasteiger partial charge is 0.338 e. The largest absolute Gasteiger partial charge is 0.456 e. The van der Waals surface area contributed by atoms with Gasteiger partial charge in [-0.15, -0.1) is 0 Å². The third-order valence-corrected chi connectivity index (χ3v) is 2.84. The molecule has 1 rings (SSSR count). The molecule has 0 saturated heterocycles. The van der Waals surface area contributed by atoms with Crippen LogP contribution in [0.2, 0.25) is 0 Å². The van der Waals surface area contributed by atoms with Crippen molar-refractivity contribution in [1.82, 2.24) is 0 Å². The van der Waals surface area contributed by atoms with Gasteiger partial charge in [0.05, 0.1) is 5.56 Å². The first-order valence-corrected chi connectivity index (χ1v) is 5.39. The number of benzene rings is 1. The van der Waals surface area contributed by atoms with Gasteiger partial charge in [-0.25, -0.2) is 4.79 Å². The van der Waals surface area contributed by atoms with Crippen LogP contribution in [0.5, 0.6) is 0 Å². The van der Waals surface area contributed by atoms with Crippen molar-refractivity contribution >= 4 is 5.97 Å². The van der Waals surface area contributed by atoms with Crippen LogP contribution in [0.3, 0.4) is 0 Å². The van der Waals surface area contributed by atoms with E-state index in [1.807, 2.05) is 39.0 Å². The van der Waals surface area contributed by atoms with Gasteiger partial charge in [0.25, 0.3) is 0 Å². The third-order valence-electron chi connectivity index (χ3n) is 2.84. The van der Waals surface area contributed by atoms with Crippen LogP contribution in [0, 0.1) is 0 Å². The molecular weight excluding hydrogens is 188 g/mol. The van der Waals surface area contributed by atoms with E-state index in [1.54, 1.807) is 12.1 Å². The van der Waals surface area contributed by atoms with E-state index >= 15 is 0 Å². The number of hydrogen-bond acceptors (Lipinski definition) is 2. The average molecular weight is 206 g/mol. The molecule has 0 aromatic heterocycles. The highest BCUT2D eigenvalue weighted by atomic mass is 16.6. The van der Waals surface area contributed by atoms with Gasteiger partial charge < -0.3 is 4.74 Å². The summed E-state index contributed by atoms with van der Waals surface area (Å²) in [6.45, 7) is 6.03. The van der Waals surface area contributed by atoms with E-state index in [0.717, 1.165) is 12.8 Å². The predicted octanol–water partition coefficient (Wildman–Crippen LogP) is 3.42. The maximum Gasteiger partial charge on any atom is 0.338 e. The molecule has 0 saturated carbocycles. The molecule has 1 aromatic carbocycles. The van der Waals surface area contributed by atoms with Gasteiger partial charge >= 0.3 is 5.97 Å². The number of carbonyl (C=O) groups is 1. The second-order valence-corrected chi connectivity index (χ2v) is 3.91. The highest BCUT2D eigenvalue weighted by Crippen LogP contribution is 2.21. The van der Waals surface area contributed by atoms with E-state index in [-0.39, 0.29) is 11.6 Å². The third kappa shape index (κ3) is 3.08. The maximum absolute atomic E-state index is 11.8. The van der Waals surface area contributed by atoms with E-state index in [4.69, 9.17) is 4.74 Å². The van der Waals surface area contributed by atoms with Crippen molar-refractivity contribution in [3.63, 3.8) is 0 Å². The summed E-state index contributed by atoms with van der Waals surface area (Å²) in [6.07, 6.45) is 1.67. The molecule has 0 bridgehead atoms. The van der Waals surface area contributed by atoms with E-state index in [9.17, 15) is 4.79 Å². The topological polar surface area (TPSA) is 26.3 Å². The number of hydrogen-bond donors (Lipinski definition) is 0. The zero-order valence-electron chi connectivity index (χ0n) is 9.62. The summed E-state index contributed by atoms with van der Waals surface area (Å²) in [5, 5.41) is 0. The lowest BCUT2D eigenvalue weighted by atomic mass is 10.00. The van der Waals surface area contributed by atoms with Crippen LogP contribution in [0.1, 0.15) is 44.0 Å². The van der Waals surface area contributed by atoms with Gasteiger partial charge in [-0.05, 0) is 31.9 Å². The Hall–Kier alpha value is -1.31. The predicted molar refractivity (Wildman–Crippen MR) is 60.8 cm³/mol. The molecule has 0 amide bonds. The first-order valence-electron chi connectivity index (χ1n) is 5.39. The average Bonchev–Trinajstić information content (AvgIpc) is 2.30. The summed E-state index contributed by atoms with van der Waals surface area (Å²) in [6, 6.07) is 9.11. The van der Waals surface area contributed by atoms with E-state index in [0.29, 0.717) is 5.56 Å². The second kappa shape index (κ2) is 4.96. The molecule has 0 aliphatic carbocycles. The summed E-state index contributed by atoms with van der Waals surface area (Å²) in [5.74, 6) is -0.234. The highest BCUT2D eigenvalue weighted by molar-refractivity contribution is 5.89. The van der Waals surface area contributed by atoms with Crippen LogP contribution in [0.25, 0.3) is 0 Å². The van der Waals surface area contributed by atoms with Crippen LogP contribution in [0.4, 0.5) is 0 Å². The number of carbonyl (C=O) groups excluding carboxylic acids is 1. The lowest BCUT2D eigenvalue weighted by molar-refractivity contribution is -0.0130. The SMILES string of the molecule is CCC(C)(CC)OC(=O)c1ccccc1. The van der Waals surface area contributed by atoms with Gasteiger partial charge in [-0.2, -0.15) is 0 Å². The van der Waals surface area contributed by atoms with Gasteiger partial charge in [0.1, 0.15) is 5.60 Å². The molecule has 15 heavy (non-hydrogen) atoms. The van der Waals surface area contributed by atoms with Crippen LogP contribution < -0.4 is 0 Å². The summed E-state index contributed by atoms with van der Waals surface area (Å²) in [5.41, 5.74) is 0.276. The van der Waals surface area contributed by atoms with E-state index < -0.39 is 0 Å². The first kappa shape index (κ1) is 11.8. The Kier molecular flexibility index (Phi) is 3.89. The maximum atomic E-state index is 11.8. The van der Waals surface area contributed by atoms with Crippen molar-refractivity contribution in [3.05, 3.63) is 35.9 Å². The molecule has 2 heteroatoms. The van der Waals surface area contributed by atoms with Crippen molar-refractivity contribution in [2.45, 2.75) is 39.2 Å². The molecule has 2 nitrogen and oxygen atoms in total. The van der Waals surface area contributed by atoms with Crippen LogP contribution in [0.15, 0.2) is 30.3 Å². The zero-order chi connectivity index (χ0) is 11.3. The number of esters is 1. The van der Waals surface area contributed by atoms with Crippen LogP contribution in [-0.4, -0.2) is 11.6 Å². The van der Waals surface area contributed by atoms with Gasteiger partial charge in [-0.3, -0.25) is 0 Å². The molecule has 0 spiro atoms. The van der Waals surface area contributed by atoms with E-state index in [2.05, 4.69) is 0 Å². The van der Waals surface area contributed by atoms with Gasteiger partial charge in [0, 0.05) is 0 Å². The van der Waals surface area contributed by atoms with Crippen molar-refractivity contribution < 1.29 is 9.53 Å². The second-order valence-electron chi connectivity index (χ2n) is 3.91. The molecule has 0 fully saturated rings. The molecule has 82 valence electrons. The van der Waals surface area contributed by atoms with Crippen LogP contribution in [-0.2, 0) is 4.74 Å². The quantitative estimate of drug-likeness (QED) is 0.705. The summed E-state index contributed by atoms with van der Waals surface area (Å²) >= 11 is 0. The van der Waals surface area contributed by atoms with Crippen molar-refractivity contribution in [3.8, 4) is 0 Å². The fourth-order valence-electron chi connectivity index (χ4n) is 1.25. The van der Waals surface area contributed by atoms with Gasteiger partial charge in [0.2, 0.25) is 0 Å². The minimum atomic E-state index is -0.340. The molecule has 0 heterocycles. The molecule has 0 N–H and O–H groups in total. The lowest BCUT2D eigenvalue weighted by Gasteiger charge is -2.26. The summed E-state index contributed by atoms with van der Waals surface area (Å²) in [4.78, 5) is 11.8. The van der Waals surface area contributed by atoms with Gasteiger partial charge in [0.15, 0.2) is 0 Å². The Bertz CT molecular complexity index is 313. The lowest BCUT2D eigenvalue weighted by Crippen LogP contribution is -2.30. The van der Waals surface area contributed by atoms with Crippen molar-refractivity contribution in [1.29, 1.82) is 0 Å². The minimum Gasteiger partial charge on any atom is -0.456 e. The number of rotatable bonds is 4. The fraction of sp³-hybridized carbons (Fsp3) is 0.462. The fourth-order valence-corrected chi connectivity index (χ4v) is 1.25. The van der Waals surface area contributed by atoms with Crippen molar-refractivity contribution in [2.75, 3.05) is 0 Å². The van der Waals surface area contributed by atoms with E-state index in [1.165, 1.54) is 0 Å². The summed E-state index contributed by atoms with van der Waals surface area (Å²) in [7, 11) is 0. The Balaban J connectivity index is 2.72.